The number of nitrogens with zero attached hydrogens (tertiary/aromatic N) is 7. The molecule has 0 saturated carbocycles. The Morgan fingerprint density at radius 2 is 1.85 bits per heavy atom. The summed E-state index contributed by atoms with van der Waals surface area (Å²) in [6, 6.07) is 10.0. The van der Waals surface area contributed by atoms with Crippen molar-refractivity contribution >= 4 is 11.7 Å². The zero-order valence-corrected chi connectivity index (χ0v) is 19.9. The van der Waals surface area contributed by atoms with E-state index in [0.717, 1.165) is 37.3 Å². The average Bonchev–Trinajstić information content (AvgIpc) is 3.49. The number of hydrogen-bond acceptors (Lipinski definition) is 7. The molecule has 9 nitrogen and oxygen atoms in total. The van der Waals surface area contributed by atoms with Crippen LogP contribution >= 0.6 is 0 Å². The number of pyridine rings is 1. The second-order valence-electron chi connectivity index (χ2n) is 9.29. The minimum absolute atomic E-state index is 0.0652. The van der Waals surface area contributed by atoms with Crippen LogP contribution in [0, 0.1) is 13.8 Å². The molecule has 0 radical (unpaired) electrons. The molecule has 3 aromatic heterocycles. The highest BCUT2D eigenvalue weighted by atomic mass is 16.2. The van der Waals surface area contributed by atoms with Crippen LogP contribution in [-0.2, 0) is 4.79 Å². The van der Waals surface area contributed by atoms with Gasteiger partial charge in [0, 0.05) is 37.1 Å². The molecule has 34 heavy (non-hydrogen) atoms. The van der Waals surface area contributed by atoms with Crippen LogP contribution < -0.4 is 5.32 Å². The lowest BCUT2D eigenvalue weighted by atomic mass is 10.0. The van der Waals surface area contributed by atoms with Crippen molar-refractivity contribution in [2.45, 2.75) is 45.6 Å². The van der Waals surface area contributed by atoms with E-state index in [4.69, 9.17) is 0 Å². The molecule has 9 heteroatoms. The molecule has 0 bridgehead atoms. The van der Waals surface area contributed by atoms with Gasteiger partial charge in [-0.3, -0.25) is 14.7 Å². The van der Waals surface area contributed by atoms with Crippen LogP contribution in [0.4, 0.5) is 5.82 Å². The molecule has 2 saturated heterocycles. The van der Waals surface area contributed by atoms with Crippen molar-refractivity contribution in [3.63, 3.8) is 0 Å². The smallest absolute Gasteiger partial charge is 0.239 e. The second-order valence-corrected chi connectivity index (χ2v) is 9.29. The summed E-state index contributed by atoms with van der Waals surface area (Å²) in [4.78, 5) is 31.4. The molecule has 0 spiro atoms. The summed E-state index contributed by atoms with van der Waals surface area (Å²) in [5.41, 5.74) is 2.50. The molecule has 3 aromatic rings. The monoisotopic (exact) mass is 460 g/mol. The first-order chi connectivity index (χ1) is 16.5. The lowest BCUT2D eigenvalue weighted by Crippen LogP contribution is -2.45. The number of nitrogens with one attached hydrogen (secondary N) is 1. The number of aryl methyl sites for hydroxylation is 2. The number of hydrogen-bond donors (Lipinski definition) is 1. The number of carbonyl (C=O) groups excluding carboxylic acids is 1. The summed E-state index contributed by atoms with van der Waals surface area (Å²) in [7, 11) is 0. The van der Waals surface area contributed by atoms with E-state index < -0.39 is 0 Å². The van der Waals surface area contributed by atoms with E-state index >= 15 is 0 Å². The standard InChI is InChI=1S/C25H32N8O/c1-18-15-19(2)33(30-18)23-16-22(28-25(29-23)21-7-3-4-10-26-21)27-24(34)17-31-13-8-20(9-14-31)32-11-5-6-12-32/h3-4,7,10,15-16,20H,5-6,8-9,11-14,17H2,1-2H3,(H,27,28,29,34). The molecular weight excluding hydrogens is 428 g/mol. The molecule has 0 aliphatic carbocycles. The highest BCUT2D eigenvalue weighted by Gasteiger charge is 2.27. The Morgan fingerprint density at radius 3 is 2.53 bits per heavy atom. The van der Waals surface area contributed by atoms with Crippen molar-refractivity contribution in [1.29, 1.82) is 0 Å². The fourth-order valence-electron chi connectivity index (χ4n) is 5.01. The summed E-state index contributed by atoms with van der Waals surface area (Å²) >= 11 is 0. The van der Waals surface area contributed by atoms with Gasteiger partial charge in [0.2, 0.25) is 5.91 Å². The maximum Gasteiger partial charge on any atom is 0.239 e. The van der Waals surface area contributed by atoms with Crippen molar-refractivity contribution < 1.29 is 4.79 Å². The van der Waals surface area contributed by atoms with Crippen LogP contribution in [-0.4, -0.2) is 79.2 Å². The minimum atomic E-state index is -0.0652. The summed E-state index contributed by atoms with van der Waals surface area (Å²) in [5.74, 6) is 1.44. The fraction of sp³-hybridized carbons (Fsp3) is 0.480. The summed E-state index contributed by atoms with van der Waals surface area (Å²) in [5, 5.41) is 7.54. The number of amides is 1. The van der Waals surface area contributed by atoms with Gasteiger partial charge in [-0.05, 0) is 70.8 Å². The van der Waals surface area contributed by atoms with Gasteiger partial charge in [0.05, 0.1) is 12.2 Å². The highest BCUT2D eigenvalue weighted by molar-refractivity contribution is 5.91. The molecule has 1 N–H and O–H groups in total. The van der Waals surface area contributed by atoms with Gasteiger partial charge in [-0.2, -0.15) is 5.10 Å². The van der Waals surface area contributed by atoms with E-state index in [1.165, 1.54) is 25.9 Å². The number of rotatable bonds is 6. The molecule has 2 fully saturated rings. The Kier molecular flexibility index (Phi) is 6.64. The van der Waals surface area contributed by atoms with Crippen LogP contribution in [0.1, 0.15) is 37.1 Å². The SMILES string of the molecule is Cc1cc(C)n(-c2cc(NC(=O)CN3CCC(N4CCCC4)CC3)nc(-c3ccccn3)n2)n1. The molecular formula is C25H32N8O. The topological polar surface area (TPSA) is 92.1 Å². The molecule has 178 valence electrons. The number of piperidine rings is 1. The number of aromatic nitrogens is 5. The number of likely N-dealkylation sites (tertiary alicyclic amines) is 2. The van der Waals surface area contributed by atoms with Crippen LogP contribution in [0.15, 0.2) is 36.5 Å². The third-order valence-electron chi connectivity index (χ3n) is 6.68. The first kappa shape index (κ1) is 22.6. The average molecular weight is 461 g/mol. The summed E-state index contributed by atoms with van der Waals surface area (Å²) < 4.78 is 1.77. The maximum absolute atomic E-state index is 12.9. The van der Waals surface area contributed by atoms with Crippen molar-refractivity contribution in [2.75, 3.05) is 38.0 Å². The van der Waals surface area contributed by atoms with Gasteiger partial charge in [0.1, 0.15) is 11.5 Å². The summed E-state index contributed by atoms with van der Waals surface area (Å²) in [6.07, 6.45) is 6.61. The van der Waals surface area contributed by atoms with Crippen molar-refractivity contribution in [1.82, 2.24) is 34.5 Å². The lowest BCUT2D eigenvalue weighted by molar-refractivity contribution is -0.117. The first-order valence-electron chi connectivity index (χ1n) is 12.2. The zero-order chi connectivity index (χ0) is 23.5. The van der Waals surface area contributed by atoms with Crippen LogP contribution in [0.3, 0.4) is 0 Å². The Balaban J connectivity index is 1.30. The highest BCUT2D eigenvalue weighted by Crippen LogP contribution is 2.22. The van der Waals surface area contributed by atoms with Crippen LogP contribution in [0.2, 0.25) is 0 Å². The summed E-state index contributed by atoms with van der Waals surface area (Å²) in [6.45, 7) is 8.66. The van der Waals surface area contributed by atoms with E-state index in [1.807, 2.05) is 38.1 Å². The first-order valence-corrected chi connectivity index (χ1v) is 12.2. The quantitative estimate of drug-likeness (QED) is 0.605. The Hall–Kier alpha value is -3.17. The minimum Gasteiger partial charge on any atom is -0.309 e. The van der Waals surface area contributed by atoms with E-state index in [-0.39, 0.29) is 5.91 Å². The molecule has 2 aliphatic heterocycles. The van der Waals surface area contributed by atoms with E-state index in [2.05, 4.69) is 35.2 Å². The van der Waals surface area contributed by atoms with Gasteiger partial charge in [0.25, 0.3) is 0 Å². The largest absolute Gasteiger partial charge is 0.309 e. The van der Waals surface area contributed by atoms with Gasteiger partial charge in [-0.15, -0.1) is 0 Å². The van der Waals surface area contributed by atoms with Gasteiger partial charge in [-0.25, -0.2) is 14.6 Å². The predicted molar refractivity (Wildman–Crippen MR) is 131 cm³/mol. The van der Waals surface area contributed by atoms with Gasteiger partial charge in [0.15, 0.2) is 11.6 Å². The van der Waals surface area contributed by atoms with Crippen LogP contribution in [0.25, 0.3) is 17.3 Å². The number of carbonyl (C=O) groups is 1. The van der Waals surface area contributed by atoms with Crippen LogP contribution in [0.5, 0.6) is 0 Å². The number of anilines is 1. The molecule has 5 rings (SSSR count). The van der Waals surface area contributed by atoms with Gasteiger partial charge in [-0.1, -0.05) is 6.07 Å². The van der Waals surface area contributed by atoms with Gasteiger partial charge >= 0.3 is 0 Å². The molecule has 5 heterocycles. The Labute approximate surface area is 200 Å². The maximum atomic E-state index is 12.9. The third-order valence-corrected chi connectivity index (χ3v) is 6.68. The molecule has 1 amide bonds. The molecule has 0 aromatic carbocycles. The molecule has 0 atom stereocenters. The zero-order valence-electron chi connectivity index (χ0n) is 19.9. The predicted octanol–water partition coefficient (Wildman–Crippen LogP) is 2.84. The Morgan fingerprint density at radius 1 is 1.06 bits per heavy atom. The fourth-order valence-corrected chi connectivity index (χ4v) is 5.01. The van der Waals surface area contributed by atoms with E-state index in [0.29, 0.717) is 35.7 Å². The van der Waals surface area contributed by atoms with E-state index in [9.17, 15) is 4.79 Å². The molecule has 0 unspecified atom stereocenters. The van der Waals surface area contributed by atoms with Crippen molar-refractivity contribution in [3.8, 4) is 17.3 Å². The molecule has 2 aliphatic rings. The van der Waals surface area contributed by atoms with E-state index in [1.54, 1.807) is 16.9 Å². The van der Waals surface area contributed by atoms with Gasteiger partial charge < -0.3 is 10.2 Å². The van der Waals surface area contributed by atoms with Crippen molar-refractivity contribution in [2.24, 2.45) is 0 Å². The normalized spacial score (nSPS) is 17.8. The third kappa shape index (κ3) is 5.15. The van der Waals surface area contributed by atoms with Crippen molar-refractivity contribution in [3.05, 3.63) is 47.9 Å². The Bertz CT molecular complexity index is 1130. The second kappa shape index (κ2) is 9.99. The lowest BCUT2D eigenvalue weighted by Gasteiger charge is -2.36.